The Morgan fingerprint density at radius 2 is 1.41 bits per heavy atom. The summed E-state index contributed by atoms with van der Waals surface area (Å²) in [6, 6.07) is 28.2. The van der Waals surface area contributed by atoms with Gasteiger partial charge in [0.1, 0.15) is 0 Å². The summed E-state index contributed by atoms with van der Waals surface area (Å²) in [6.07, 6.45) is 7.07. The lowest BCUT2D eigenvalue weighted by atomic mass is 9.68. The molecule has 0 amide bonds. The van der Waals surface area contributed by atoms with Crippen LogP contribution in [0.5, 0.6) is 0 Å². The fourth-order valence-electron chi connectivity index (χ4n) is 7.54. The van der Waals surface area contributed by atoms with E-state index in [4.69, 9.17) is 0 Å². The molecule has 240 valence electrons. The summed E-state index contributed by atoms with van der Waals surface area (Å²) in [4.78, 5) is 39.5. The van der Waals surface area contributed by atoms with Gasteiger partial charge in [0, 0.05) is 46.0 Å². The topological polar surface area (TPSA) is 92.6 Å². The number of nitro groups is 1. The normalized spacial score (nSPS) is 18.3. The van der Waals surface area contributed by atoms with Crippen molar-refractivity contribution in [3.63, 3.8) is 0 Å². The van der Waals surface area contributed by atoms with Crippen molar-refractivity contribution in [3.05, 3.63) is 134 Å². The van der Waals surface area contributed by atoms with Crippen molar-refractivity contribution in [1.29, 1.82) is 0 Å². The number of likely N-dealkylation sites (tertiary alicyclic amines) is 1. The summed E-state index contributed by atoms with van der Waals surface area (Å²) < 4.78 is 0. The highest BCUT2D eigenvalue weighted by Gasteiger charge is 2.38. The van der Waals surface area contributed by atoms with E-state index in [0.29, 0.717) is 28.8 Å². The van der Waals surface area contributed by atoms with Crippen LogP contribution in [0.25, 0.3) is 0 Å². The number of piperidine rings is 1. The molecule has 0 radical (unpaired) electrons. The molecule has 0 aliphatic carbocycles. The smallest absolute Gasteiger partial charge is 0.269 e. The maximum Gasteiger partial charge on any atom is 0.269 e. The number of nitro benzene ring substituents is 1. The maximum atomic E-state index is 13.1. The summed E-state index contributed by atoms with van der Waals surface area (Å²) in [6.45, 7) is 8.08. The van der Waals surface area contributed by atoms with Crippen molar-refractivity contribution in [1.82, 2.24) is 10.2 Å². The molecule has 5 rings (SSSR count). The monoisotopic (exact) mass is 619 g/mol. The maximum absolute atomic E-state index is 13.1. The number of carbonyl (C=O) groups is 2. The lowest BCUT2D eigenvalue weighted by molar-refractivity contribution is -0.384. The predicted molar refractivity (Wildman–Crippen MR) is 182 cm³/mol. The number of Topliss-reactive ketones (excluding diaryl/α,β-unsaturated/α-hetero) is 2. The second kappa shape index (κ2) is 14.8. The molecule has 46 heavy (non-hydrogen) atoms. The van der Waals surface area contributed by atoms with Gasteiger partial charge in [-0.1, -0.05) is 85.6 Å². The molecule has 2 aliphatic heterocycles. The Morgan fingerprint density at radius 1 is 0.826 bits per heavy atom. The van der Waals surface area contributed by atoms with Crippen LogP contribution in [0.3, 0.4) is 0 Å². The number of unbranched alkanes of at least 4 members (excludes halogenated alkanes) is 3. The fourth-order valence-corrected chi connectivity index (χ4v) is 7.54. The molecule has 2 aliphatic rings. The third kappa shape index (κ3) is 7.20. The van der Waals surface area contributed by atoms with Crippen LogP contribution in [-0.4, -0.2) is 41.0 Å². The SMILES string of the molecule is CC(=O)C1=C(C)NC(CCCCCCN2CCC(c3ccccc3)(c3ccccc3)CC2)=C(C(C)=O)C1c1cccc([N+](=O)[O-])c1. The molecule has 0 aromatic heterocycles. The zero-order valence-corrected chi connectivity index (χ0v) is 27.3. The van der Waals surface area contributed by atoms with Crippen molar-refractivity contribution in [3.8, 4) is 0 Å². The number of rotatable bonds is 13. The first kappa shape index (κ1) is 33.0. The van der Waals surface area contributed by atoms with Crippen LogP contribution in [-0.2, 0) is 15.0 Å². The summed E-state index contributed by atoms with van der Waals surface area (Å²) in [7, 11) is 0. The molecule has 7 heteroatoms. The van der Waals surface area contributed by atoms with Gasteiger partial charge in [-0.3, -0.25) is 19.7 Å². The third-order valence-corrected chi connectivity index (χ3v) is 9.83. The largest absolute Gasteiger partial charge is 0.362 e. The number of carbonyl (C=O) groups excluding carboxylic acids is 2. The summed E-state index contributed by atoms with van der Waals surface area (Å²) in [5, 5.41) is 14.9. The van der Waals surface area contributed by atoms with E-state index >= 15 is 0 Å². The Bertz CT molecular complexity index is 1580. The second-order valence-electron chi connectivity index (χ2n) is 12.8. The molecule has 3 aromatic carbocycles. The molecule has 1 unspecified atom stereocenters. The highest BCUT2D eigenvalue weighted by Crippen LogP contribution is 2.42. The van der Waals surface area contributed by atoms with E-state index in [-0.39, 0.29) is 22.7 Å². The minimum atomic E-state index is -0.621. The number of ketones is 2. The zero-order valence-electron chi connectivity index (χ0n) is 27.3. The minimum absolute atomic E-state index is 0.0550. The predicted octanol–water partition coefficient (Wildman–Crippen LogP) is 8.02. The van der Waals surface area contributed by atoms with Gasteiger partial charge in [0.05, 0.1) is 4.92 Å². The highest BCUT2D eigenvalue weighted by atomic mass is 16.6. The first-order valence-electron chi connectivity index (χ1n) is 16.5. The molecule has 3 aromatic rings. The van der Waals surface area contributed by atoms with Gasteiger partial charge in [-0.15, -0.1) is 0 Å². The first-order valence-corrected chi connectivity index (χ1v) is 16.5. The lowest BCUT2D eigenvalue weighted by Crippen LogP contribution is -2.43. The molecular formula is C39H45N3O4. The number of allylic oxidation sites excluding steroid dienone is 4. The van der Waals surface area contributed by atoms with Crippen LogP contribution in [0.2, 0.25) is 0 Å². The van der Waals surface area contributed by atoms with Crippen molar-refractivity contribution in [2.45, 2.75) is 77.0 Å². The highest BCUT2D eigenvalue weighted by molar-refractivity contribution is 6.03. The summed E-state index contributed by atoms with van der Waals surface area (Å²) >= 11 is 0. The Kier molecular flexibility index (Phi) is 10.6. The van der Waals surface area contributed by atoms with Crippen LogP contribution in [0.1, 0.15) is 88.3 Å². The quantitative estimate of drug-likeness (QED) is 0.118. The zero-order chi connectivity index (χ0) is 32.7. The van der Waals surface area contributed by atoms with Gasteiger partial charge < -0.3 is 10.2 Å². The minimum Gasteiger partial charge on any atom is -0.362 e. The van der Waals surface area contributed by atoms with Gasteiger partial charge in [0.15, 0.2) is 11.6 Å². The molecular weight excluding hydrogens is 574 g/mol. The Morgan fingerprint density at radius 3 is 1.98 bits per heavy atom. The van der Waals surface area contributed by atoms with Crippen molar-refractivity contribution in [2.75, 3.05) is 19.6 Å². The van der Waals surface area contributed by atoms with Crippen LogP contribution in [0.4, 0.5) is 5.69 Å². The second-order valence-corrected chi connectivity index (χ2v) is 12.8. The number of dihydropyridines is 1. The Labute approximate surface area is 272 Å². The summed E-state index contributed by atoms with van der Waals surface area (Å²) in [5.74, 6) is -0.900. The van der Waals surface area contributed by atoms with E-state index in [2.05, 4.69) is 70.9 Å². The molecule has 0 saturated carbocycles. The molecule has 1 atom stereocenters. The van der Waals surface area contributed by atoms with E-state index < -0.39 is 10.8 Å². The molecule has 1 N–H and O–H groups in total. The first-order chi connectivity index (χ1) is 22.2. The number of benzene rings is 3. The molecule has 0 bridgehead atoms. The number of hydrogen-bond acceptors (Lipinski definition) is 6. The van der Waals surface area contributed by atoms with Crippen LogP contribution in [0.15, 0.2) is 107 Å². The average Bonchev–Trinajstić information content (AvgIpc) is 3.06. The lowest BCUT2D eigenvalue weighted by Gasteiger charge is -2.43. The molecule has 7 nitrogen and oxygen atoms in total. The number of non-ortho nitro benzene ring substituents is 1. The van der Waals surface area contributed by atoms with Gasteiger partial charge in [-0.05, 0) is 89.2 Å². The van der Waals surface area contributed by atoms with Crippen LogP contribution >= 0.6 is 0 Å². The third-order valence-electron chi connectivity index (χ3n) is 9.83. The van der Waals surface area contributed by atoms with E-state index in [0.717, 1.165) is 63.9 Å². The van der Waals surface area contributed by atoms with Crippen molar-refractivity contribution in [2.24, 2.45) is 0 Å². The van der Waals surface area contributed by atoms with Gasteiger partial charge in [-0.25, -0.2) is 0 Å². The van der Waals surface area contributed by atoms with Crippen molar-refractivity contribution < 1.29 is 14.5 Å². The van der Waals surface area contributed by atoms with E-state index in [9.17, 15) is 19.7 Å². The van der Waals surface area contributed by atoms with Crippen LogP contribution < -0.4 is 5.32 Å². The average molecular weight is 620 g/mol. The molecule has 1 fully saturated rings. The molecule has 1 saturated heterocycles. The molecule has 2 heterocycles. The van der Waals surface area contributed by atoms with Gasteiger partial charge in [0.25, 0.3) is 5.69 Å². The fraction of sp³-hybridized carbons (Fsp3) is 0.385. The standard InChI is InChI=1S/C39H45N3O4/c1-28-36(29(2)43)38(31-15-14-20-34(27-31)42(45)46)37(30(3)44)35(40-28)21-12-4-5-13-24-41-25-22-39(23-26-41,32-16-8-6-9-17-32)33-18-10-7-11-19-33/h6-11,14-20,27,38,40H,4-5,12-13,21-26H2,1-3H3. The Hall–Kier alpha value is -4.36. The van der Waals surface area contributed by atoms with Crippen LogP contribution in [0, 0.1) is 10.1 Å². The van der Waals surface area contributed by atoms with E-state index in [1.807, 2.05) is 6.92 Å². The van der Waals surface area contributed by atoms with E-state index in [1.54, 1.807) is 12.1 Å². The van der Waals surface area contributed by atoms with Gasteiger partial charge >= 0.3 is 0 Å². The van der Waals surface area contributed by atoms with Crippen molar-refractivity contribution >= 4 is 17.3 Å². The Balaban J connectivity index is 1.18. The number of hydrogen-bond donors (Lipinski definition) is 1. The molecule has 0 spiro atoms. The van der Waals surface area contributed by atoms with Gasteiger partial charge in [-0.2, -0.15) is 0 Å². The summed E-state index contributed by atoms with van der Waals surface area (Å²) in [5.41, 5.74) is 5.95. The number of nitrogens with one attached hydrogen (secondary N) is 1. The van der Waals surface area contributed by atoms with E-state index in [1.165, 1.54) is 37.1 Å². The van der Waals surface area contributed by atoms with Gasteiger partial charge in [0.2, 0.25) is 0 Å². The number of nitrogens with zero attached hydrogens (tertiary/aromatic N) is 2.